The molecule has 94 valence electrons. The standard InChI is InChI=1S/C8H12FN5O3/c9-4-5(16)3(1-15)17-8(4)14-2-12-7(13-14)6(10)11/h2-5,8,15-16H,1H2,(H3,10,11)/t3-,4-,5-,8-/m1/s1. The molecular formula is C8H12FN5O3. The molecule has 1 aromatic rings. The summed E-state index contributed by atoms with van der Waals surface area (Å²) in [5.74, 6) is -0.404. The van der Waals surface area contributed by atoms with Gasteiger partial charge in [-0.2, -0.15) is 0 Å². The number of ether oxygens (including phenoxy) is 1. The van der Waals surface area contributed by atoms with Crippen molar-refractivity contribution >= 4 is 5.84 Å². The number of aliphatic hydroxyl groups excluding tert-OH is 2. The van der Waals surface area contributed by atoms with Crippen LogP contribution in [0.1, 0.15) is 12.1 Å². The Morgan fingerprint density at radius 2 is 2.41 bits per heavy atom. The summed E-state index contributed by atoms with van der Waals surface area (Å²) in [4.78, 5) is 3.68. The smallest absolute Gasteiger partial charge is 0.215 e. The molecule has 0 spiro atoms. The topological polar surface area (TPSA) is 130 Å². The summed E-state index contributed by atoms with van der Waals surface area (Å²) >= 11 is 0. The highest BCUT2D eigenvalue weighted by atomic mass is 19.1. The van der Waals surface area contributed by atoms with Gasteiger partial charge in [-0.05, 0) is 0 Å². The molecule has 0 amide bonds. The number of nitrogens with zero attached hydrogens (tertiary/aromatic N) is 3. The lowest BCUT2D eigenvalue weighted by Crippen LogP contribution is -2.30. The lowest BCUT2D eigenvalue weighted by atomic mass is 10.1. The second kappa shape index (κ2) is 4.35. The van der Waals surface area contributed by atoms with Gasteiger partial charge < -0.3 is 20.7 Å². The van der Waals surface area contributed by atoms with Crippen molar-refractivity contribution in [1.82, 2.24) is 14.8 Å². The van der Waals surface area contributed by atoms with Gasteiger partial charge in [-0.25, -0.2) is 14.1 Å². The molecule has 1 fully saturated rings. The third-order valence-electron chi connectivity index (χ3n) is 2.48. The summed E-state index contributed by atoms with van der Waals surface area (Å²) in [6.07, 6.45) is -4.17. The minimum absolute atomic E-state index is 0.0530. The summed E-state index contributed by atoms with van der Waals surface area (Å²) in [5.41, 5.74) is 5.16. The highest BCUT2D eigenvalue weighted by molar-refractivity contribution is 5.90. The van der Waals surface area contributed by atoms with Gasteiger partial charge >= 0.3 is 0 Å². The van der Waals surface area contributed by atoms with E-state index < -0.39 is 31.2 Å². The van der Waals surface area contributed by atoms with Gasteiger partial charge in [0.15, 0.2) is 18.2 Å². The number of hydrogen-bond donors (Lipinski definition) is 4. The van der Waals surface area contributed by atoms with Crippen molar-refractivity contribution < 1.29 is 19.3 Å². The number of hydrogen-bond acceptors (Lipinski definition) is 6. The first-order valence-electron chi connectivity index (χ1n) is 4.88. The fraction of sp³-hybridized carbons (Fsp3) is 0.625. The predicted molar refractivity (Wildman–Crippen MR) is 52.9 cm³/mol. The Morgan fingerprint density at radius 3 is 2.88 bits per heavy atom. The van der Waals surface area contributed by atoms with Crippen LogP contribution in [0.2, 0.25) is 0 Å². The van der Waals surface area contributed by atoms with E-state index in [4.69, 9.17) is 21.0 Å². The number of alkyl halides is 1. The van der Waals surface area contributed by atoms with Gasteiger partial charge in [0, 0.05) is 0 Å². The van der Waals surface area contributed by atoms with Crippen molar-refractivity contribution in [3.05, 3.63) is 12.2 Å². The second-order valence-corrected chi connectivity index (χ2v) is 3.64. The monoisotopic (exact) mass is 245 g/mol. The number of aromatic nitrogens is 3. The number of aliphatic hydroxyl groups is 2. The summed E-state index contributed by atoms with van der Waals surface area (Å²) < 4.78 is 19.8. The Hall–Kier alpha value is -1.58. The molecule has 0 saturated carbocycles. The summed E-state index contributed by atoms with van der Waals surface area (Å²) in [6, 6.07) is 0. The summed E-state index contributed by atoms with van der Waals surface area (Å²) in [6.45, 7) is -0.494. The molecule has 17 heavy (non-hydrogen) atoms. The molecule has 1 saturated heterocycles. The third-order valence-corrected chi connectivity index (χ3v) is 2.48. The van der Waals surface area contributed by atoms with Crippen molar-refractivity contribution in [1.29, 1.82) is 5.41 Å². The number of nitrogen functional groups attached to an aromatic ring is 1. The van der Waals surface area contributed by atoms with Crippen molar-refractivity contribution in [2.45, 2.75) is 24.6 Å². The van der Waals surface area contributed by atoms with E-state index in [-0.39, 0.29) is 11.7 Å². The molecule has 8 nitrogen and oxygen atoms in total. The van der Waals surface area contributed by atoms with E-state index in [0.29, 0.717) is 0 Å². The Kier molecular flexibility index (Phi) is 3.05. The number of amidine groups is 1. The number of nitrogens with one attached hydrogen (secondary N) is 1. The Bertz CT molecular complexity index is 425. The van der Waals surface area contributed by atoms with E-state index >= 15 is 0 Å². The predicted octanol–water partition coefficient (Wildman–Crippen LogP) is -1.85. The van der Waals surface area contributed by atoms with E-state index in [0.717, 1.165) is 11.0 Å². The highest BCUT2D eigenvalue weighted by Gasteiger charge is 2.45. The van der Waals surface area contributed by atoms with Gasteiger partial charge in [0.1, 0.15) is 18.5 Å². The first-order valence-corrected chi connectivity index (χ1v) is 4.88. The van der Waals surface area contributed by atoms with Crippen molar-refractivity contribution in [3.8, 4) is 0 Å². The normalized spacial score (nSPS) is 32.9. The lowest BCUT2D eigenvalue weighted by Gasteiger charge is -2.12. The van der Waals surface area contributed by atoms with Crippen LogP contribution in [-0.4, -0.2) is 55.8 Å². The van der Waals surface area contributed by atoms with Crippen LogP contribution in [0.15, 0.2) is 6.33 Å². The Morgan fingerprint density at radius 1 is 1.71 bits per heavy atom. The minimum Gasteiger partial charge on any atom is -0.394 e. The van der Waals surface area contributed by atoms with Gasteiger partial charge in [-0.3, -0.25) is 5.41 Å². The highest BCUT2D eigenvalue weighted by Crippen LogP contribution is 2.30. The zero-order valence-corrected chi connectivity index (χ0v) is 8.69. The molecule has 0 aromatic carbocycles. The summed E-state index contributed by atoms with van der Waals surface area (Å²) in [7, 11) is 0. The quantitative estimate of drug-likeness (QED) is 0.365. The van der Waals surface area contributed by atoms with Crippen LogP contribution in [0.3, 0.4) is 0 Å². The van der Waals surface area contributed by atoms with Crippen LogP contribution in [-0.2, 0) is 4.74 Å². The fourth-order valence-electron chi connectivity index (χ4n) is 1.59. The number of nitrogens with two attached hydrogens (primary N) is 1. The van der Waals surface area contributed by atoms with Crippen LogP contribution in [0.5, 0.6) is 0 Å². The lowest BCUT2D eigenvalue weighted by molar-refractivity contribution is -0.0523. The van der Waals surface area contributed by atoms with Crippen molar-refractivity contribution in [2.75, 3.05) is 6.61 Å². The molecule has 5 N–H and O–H groups in total. The number of halogens is 1. The van der Waals surface area contributed by atoms with Crippen LogP contribution in [0.4, 0.5) is 4.39 Å². The Labute approximate surface area is 95.3 Å². The average molecular weight is 245 g/mol. The van der Waals surface area contributed by atoms with Crippen LogP contribution in [0.25, 0.3) is 0 Å². The van der Waals surface area contributed by atoms with Gasteiger partial charge in [0.2, 0.25) is 5.82 Å². The van der Waals surface area contributed by atoms with E-state index in [9.17, 15) is 9.50 Å². The zero-order valence-electron chi connectivity index (χ0n) is 8.69. The minimum atomic E-state index is -1.73. The molecule has 9 heteroatoms. The first kappa shape index (κ1) is 11.9. The third kappa shape index (κ3) is 1.99. The molecule has 1 aliphatic rings. The van der Waals surface area contributed by atoms with Gasteiger partial charge in [-0.1, -0.05) is 0 Å². The zero-order chi connectivity index (χ0) is 12.6. The second-order valence-electron chi connectivity index (χ2n) is 3.64. The Balaban J connectivity index is 2.19. The van der Waals surface area contributed by atoms with Crippen molar-refractivity contribution in [3.63, 3.8) is 0 Å². The first-order chi connectivity index (χ1) is 8.04. The molecule has 2 heterocycles. The fourth-order valence-corrected chi connectivity index (χ4v) is 1.59. The van der Waals surface area contributed by atoms with Crippen molar-refractivity contribution in [2.24, 2.45) is 5.73 Å². The molecule has 4 atom stereocenters. The molecule has 0 unspecified atom stereocenters. The maximum Gasteiger partial charge on any atom is 0.215 e. The average Bonchev–Trinajstić information content (AvgIpc) is 2.87. The molecule has 1 aliphatic heterocycles. The summed E-state index contributed by atoms with van der Waals surface area (Å²) in [5, 5.41) is 29.1. The maximum atomic E-state index is 13.7. The molecular weight excluding hydrogens is 233 g/mol. The van der Waals surface area contributed by atoms with Crippen LogP contribution >= 0.6 is 0 Å². The van der Waals surface area contributed by atoms with Gasteiger partial charge in [-0.15, -0.1) is 5.10 Å². The SMILES string of the molecule is N=C(N)c1ncn([C@@H]2O[C@H](CO)[C@@H](O)[C@H]2F)n1. The van der Waals surface area contributed by atoms with E-state index in [1.165, 1.54) is 0 Å². The molecule has 0 radical (unpaired) electrons. The number of rotatable bonds is 3. The van der Waals surface area contributed by atoms with Gasteiger partial charge in [0.25, 0.3) is 0 Å². The van der Waals surface area contributed by atoms with E-state index in [1.54, 1.807) is 0 Å². The van der Waals surface area contributed by atoms with E-state index in [2.05, 4.69) is 10.1 Å². The van der Waals surface area contributed by atoms with Gasteiger partial charge in [0.05, 0.1) is 6.61 Å². The molecule has 1 aromatic heterocycles. The van der Waals surface area contributed by atoms with Crippen LogP contribution < -0.4 is 5.73 Å². The van der Waals surface area contributed by atoms with E-state index in [1.807, 2.05) is 0 Å². The molecule has 0 aliphatic carbocycles. The van der Waals surface area contributed by atoms with Crippen LogP contribution in [0, 0.1) is 5.41 Å². The largest absolute Gasteiger partial charge is 0.394 e. The molecule has 2 rings (SSSR count). The molecule has 0 bridgehead atoms. The maximum absolute atomic E-state index is 13.7.